The Morgan fingerprint density at radius 1 is 1.36 bits per heavy atom. The number of aliphatic hydroxyl groups is 1. The van der Waals surface area contributed by atoms with Crippen LogP contribution in [0, 0.1) is 0 Å². The molecule has 0 aromatic rings. The molecule has 0 spiro atoms. The number of nitrogens with one attached hydrogen (secondary N) is 1. The van der Waals surface area contributed by atoms with Gasteiger partial charge in [0, 0.05) is 13.1 Å². The Hall–Kier alpha value is 2.35. The van der Waals surface area contributed by atoms with Gasteiger partial charge in [0.25, 0.3) is 0 Å². The molecular formula is C6H17N2Na3O3. The Morgan fingerprint density at radius 3 is 2.36 bits per heavy atom. The molecule has 14 heavy (non-hydrogen) atoms. The summed E-state index contributed by atoms with van der Waals surface area (Å²) in [6.07, 6.45) is 0. The molecule has 0 atom stereocenters. The average molecular weight is 234 g/mol. The van der Waals surface area contributed by atoms with Crippen molar-refractivity contribution in [2.24, 2.45) is 5.73 Å². The van der Waals surface area contributed by atoms with E-state index in [1.807, 2.05) is 0 Å². The number of aliphatic hydroxyl groups excluding tert-OH is 1. The van der Waals surface area contributed by atoms with E-state index in [2.05, 4.69) is 10.1 Å². The molecule has 0 radical (unpaired) electrons. The Labute approximate surface area is 151 Å². The van der Waals surface area contributed by atoms with Crippen molar-refractivity contribution in [3.63, 3.8) is 0 Å². The predicted octanol–water partition coefficient (Wildman–Crippen LogP) is -3.88. The first kappa shape index (κ1) is 25.3. The summed E-state index contributed by atoms with van der Waals surface area (Å²) in [5.41, 5.74) is 5.16. The van der Waals surface area contributed by atoms with Gasteiger partial charge in [0.05, 0.1) is 13.2 Å². The van der Waals surface area contributed by atoms with Crippen LogP contribution in [-0.2, 0) is 9.53 Å². The van der Waals surface area contributed by atoms with Gasteiger partial charge in [-0.25, -0.2) is 0 Å². The van der Waals surface area contributed by atoms with Crippen LogP contribution in [0.5, 0.6) is 0 Å². The normalized spacial score (nSPS) is 7.57. The Morgan fingerprint density at radius 2 is 1.93 bits per heavy atom. The molecule has 0 bridgehead atoms. The Balaban J connectivity index is -0.000000167. The molecule has 0 aliphatic rings. The van der Waals surface area contributed by atoms with Gasteiger partial charge >= 0.3 is 94.6 Å². The van der Waals surface area contributed by atoms with E-state index in [1.54, 1.807) is 0 Å². The van der Waals surface area contributed by atoms with Crippen LogP contribution in [0.4, 0.5) is 0 Å². The van der Waals surface area contributed by atoms with E-state index >= 15 is 0 Å². The van der Waals surface area contributed by atoms with E-state index in [9.17, 15) is 4.79 Å². The van der Waals surface area contributed by atoms with E-state index in [4.69, 9.17) is 10.8 Å². The van der Waals surface area contributed by atoms with Crippen LogP contribution in [-0.4, -0.2) is 133 Å². The number of hydrogen-bond donors (Lipinski definition) is 3. The fraction of sp³-hybridized carbons (Fsp3) is 0.833. The summed E-state index contributed by atoms with van der Waals surface area (Å²) < 4.78 is 4.55. The number of carbonyl (C=O) groups is 1. The average Bonchev–Trinajstić information content (AvgIpc) is 2.01. The number of nitrogens with two attached hydrogens (primary N) is 1. The maximum absolute atomic E-state index is 10.6. The van der Waals surface area contributed by atoms with Gasteiger partial charge in [-0.05, 0) is 0 Å². The first-order chi connectivity index (χ1) is 5.31. The van der Waals surface area contributed by atoms with Crippen molar-refractivity contribution in [1.29, 1.82) is 0 Å². The summed E-state index contributed by atoms with van der Waals surface area (Å²) in [5, 5.41) is 11.0. The minimum absolute atomic E-state index is 0. The number of carbonyl (C=O) groups excluding carboxylic acids is 1. The molecule has 0 rings (SSSR count). The second-order valence-electron chi connectivity index (χ2n) is 1.91. The molecule has 0 unspecified atom stereocenters. The van der Waals surface area contributed by atoms with Crippen LogP contribution in [0.1, 0.15) is 0 Å². The zero-order valence-corrected chi connectivity index (χ0v) is 6.38. The van der Waals surface area contributed by atoms with Gasteiger partial charge in [-0.15, -0.1) is 0 Å². The number of ether oxygens (including phenoxy) is 1. The van der Waals surface area contributed by atoms with Gasteiger partial charge < -0.3 is 20.9 Å². The fourth-order valence-corrected chi connectivity index (χ4v) is 0.503. The molecule has 5 nitrogen and oxygen atoms in total. The summed E-state index contributed by atoms with van der Waals surface area (Å²) >= 11 is 0. The Bertz CT molecular complexity index is 118. The number of esters is 1. The van der Waals surface area contributed by atoms with Crippen LogP contribution < -0.4 is 11.1 Å². The van der Waals surface area contributed by atoms with Crippen LogP contribution in [0.25, 0.3) is 0 Å². The van der Waals surface area contributed by atoms with E-state index in [0.29, 0.717) is 13.1 Å². The third-order valence-electron chi connectivity index (χ3n) is 0.945. The second-order valence-corrected chi connectivity index (χ2v) is 1.91. The SMILES string of the molecule is NCCNCC(=O)OCCO.[NaH].[NaH].[NaH]. The molecule has 0 saturated carbocycles. The zero-order valence-electron chi connectivity index (χ0n) is 6.38. The second kappa shape index (κ2) is 20.7. The van der Waals surface area contributed by atoms with Crippen molar-refractivity contribution in [2.45, 2.75) is 0 Å². The molecule has 72 valence electrons. The molecule has 8 heteroatoms. The van der Waals surface area contributed by atoms with Crippen molar-refractivity contribution in [1.82, 2.24) is 5.32 Å². The maximum atomic E-state index is 10.6. The van der Waals surface area contributed by atoms with Crippen molar-refractivity contribution in [2.75, 3.05) is 32.8 Å². The van der Waals surface area contributed by atoms with E-state index < -0.39 is 0 Å². The van der Waals surface area contributed by atoms with Gasteiger partial charge in [0.15, 0.2) is 0 Å². The summed E-state index contributed by atoms with van der Waals surface area (Å²) in [6, 6.07) is 0. The van der Waals surface area contributed by atoms with Gasteiger partial charge in [-0.2, -0.15) is 0 Å². The first-order valence-electron chi connectivity index (χ1n) is 3.48. The van der Waals surface area contributed by atoms with E-state index in [-0.39, 0.29) is 114 Å². The van der Waals surface area contributed by atoms with E-state index in [1.165, 1.54) is 0 Å². The van der Waals surface area contributed by atoms with Gasteiger partial charge in [-0.3, -0.25) is 4.79 Å². The molecule has 0 aliphatic carbocycles. The molecule has 0 aromatic carbocycles. The number of hydrogen-bond acceptors (Lipinski definition) is 5. The molecule has 0 saturated heterocycles. The van der Waals surface area contributed by atoms with Crippen LogP contribution >= 0.6 is 0 Å². The summed E-state index contributed by atoms with van der Waals surface area (Å²) in [6.45, 7) is 1.16. The molecule has 4 N–H and O–H groups in total. The van der Waals surface area contributed by atoms with Crippen LogP contribution in [0.3, 0.4) is 0 Å². The third kappa shape index (κ3) is 19.9. The topological polar surface area (TPSA) is 84.6 Å². The monoisotopic (exact) mass is 234 g/mol. The minimum atomic E-state index is -0.368. The van der Waals surface area contributed by atoms with Crippen LogP contribution in [0.2, 0.25) is 0 Å². The Kier molecular flexibility index (Phi) is 37.4. The summed E-state index contributed by atoms with van der Waals surface area (Å²) in [5.74, 6) is -0.368. The fourth-order valence-electron chi connectivity index (χ4n) is 0.503. The van der Waals surface area contributed by atoms with Crippen molar-refractivity contribution in [3.05, 3.63) is 0 Å². The molecule has 0 aromatic heterocycles. The zero-order chi connectivity index (χ0) is 8.53. The standard InChI is InChI=1S/C6H14N2O3.3Na.3H/c7-1-2-8-5-6(10)11-4-3-9;;;;;;/h8-9H,1-5,7H2;;;;;;. The first-order valence-corrected chi connectivity index (χ1v) is 3.48. The molecular weight excluding hydrogens is 217 g/mol. The van der Waals surface area contributed by atoms with Crippen molar-refractivity contribution < 1.29 is 14.6 Å². The van der Waals surface area contributed by atoms with Crippen molar-refractivity contribution >= 4 is 94.6 Å². The molecule has 0 fully saturated rings. The molecule has 0 amide bonds. The third-order valence-corrected chi connectivity index (χ3v) is 0.945. The van der Waals surface area contributed by atoms with E-state index in [0.717, 1.165) is 0 Å². The van der Waals surface area contributed by atoms with Crippen molar-refractivity contribution in [3.8, 4) is 0 Å². The number of rotatable bonds is 6. The molecule has 0 aliphatic heterocycles. The molecule has 0 heterocycles. The predicted molar refractivity (Wildman–Crippen MR) is 61.4 cm³/mol. The van der Waals surface area contributed by atoms with Gasteiger partial charge in [-0.1, -0.05) is 0 Å². The van der Waals surface area contributed by atoms with Gasteiger partial charge in [0.2, 0.25) is 0 Å². The van der Waals surface area contributed by atoms with Gasteiger partial charge in [0.1, 0.15) is 6.61 Å². The summed E-state index contributed by atoms with van der Waals surface area (Å²) in [7, 11) is 0. The quantitative estimate of drug-likeness (QED) is 0.249. The van der Waals surface area contributed by atoms with Crippen LogP contribution in [0.15, 0.2) is 0 Å². The summed E-state index contributed by atoms with van der Waals surface area (Å²) in [4.78, 5) is 10.6.